The molecule has 6 nitrogen and oxygen atoms in total. The minimum absolute atomic E-state index is 0.00987. The van der Waals surface area contributed by atoms with Crippen LogP contribution >= 0.6 is 11.6 Å². The molecule has 10 heteroatoms. The predicted octanol–water partition coefficient (Wildman–Crippen LogP) is 6.92. The molecular formula is C29H27ClF2O6S. The molecule has 1 saturated carbocycles. The van der Waals surface area contributed by atoms with Crippen molar-refractivity contribution in [3.05, 3.63) is 94.4 Å². The number of carbonyl (C=O) groups is 2. The molecule has 1 aliphatic rings. The largest absolute Gasteiger partial charge is 0.463 e. The molecule has 4 rings (SSSR count). The van der Waals surface area contributed by atoms with Crippen molar-refractivity contribution < 1.29 is 35.9 Å². The Bertz CT molecular complexity index is 1490. The smallest absolute Gasteiger partial charge is 0.330 e. The fourth-order valence-electron chi connectivity index (χ4n) is 5.10. The number of Topliss-reactive ketones (excluding diaryl/α,β-unsaturated/α-hetero) is 1. The molecule has 3 aromatic rings. The third-order valence-corrected chi connectivity index (χ3v) is 9.88. The number of rotatable bonds is 9. The molecule has 0 N–H and O–H groups in total. The highest BCUT2D eigenvalue weighted by atomic mass is 35.5. The second-order valence-corrected chi connectivity index (χ2v) is 12.1. The molecule has 0 bridgehead atoms. The Labute approximate surface area is 230 Å². The normalized spacial score (nSPS) is 19.7. The SMILES string of the molecule is CCOC(=O)C=Cc1ccoc1C(=O)CC1CCC(c2cc(F)ccc2F)(S(=O)(=O)c2ccc(Cl)cc2)CC1. The van der Waals surface area contributed by atoms with Crippen LogP contribution in [-0.2, 0) is 24.1 Å². The van der Waals surface area contributed by atoms with Gasteiger partial charge in [0, 0.05) is 28.6 Å². The summed E-state index contributed by atoms with van der Waals surface area (Å²) in [7, 11) is -4.18. The summed E-state index contributed by atoms with van der Waals surface area (Å²) in [6.45, 7) is 1.90. The van der Waals surface area contributed by atoms with Gasteiger partial charge >= 0.3 is 5.97 Å². The van der Waals surface area contributed by atoms with Gasteiger partial charge in [-0.25, -0.2) is 22.0 Å². The van der Waals surface area contributed by atoms with Gasteiger partial charge in [-0.1, -0.05) is 11.6 Å². The van der Waals surface area contributed by atoms with Crippen LogP contribution in [0.15, 0.2) is 70.2 Å². The Morgan fingerprint density at radius 3 is 2.46 bits per heavy atom. The van der Waals surface area contributed by atoms with E-state index < -0.39 is 32.2 Å². The monoisotopic (exact) mass is 576 g/mol. The molecule has 2 aromatic carbocycles. The van der Waals surface area contributed by atoms with Gasteiger partial charge < -0.3 is 9.15 Å². The number of furan rings is 1. The third kappa shape index (κ3) is 5.99. The Kier molecular flexibility index (Phi) is 8.71. The topological polar surface area (TPSA) is 90.7 Å². The summed E-state index contributed by atoms with van der Waals surface area (Å²) in [4.78, 5) is 24.6. The molecule has 1 aliphatic carbocycles. The van der Waals surface area contributed by atoms with Crippen LogP contribution < -0.4 is 0 Å². The van der Waals surface area contributed by atoms with Crippen molar-refractivity contribution in [1.82, 2.24) is 0 Å². The van der Waals surface area contributed by atoms with E-state index in [0.29, 0.717) is 10.6 Å². The number of ketones is 1. The molecule has 0 radical (unpaired) electrons. The van der Waals surface area contributed by atoms with E-state index in [1.807, 2.05) is 0 Å². The number of esters is 1. The maximum atomic E-state index is 15.1. The Morgan fingerprint density at radius 2 is 1.79 bits per heavy atom. The van der Waals surface area contributed by atoms with E-state index in [0.717, 1.165) is 18.2 Å². The molecular weight excluding hydrogens is 550 g/mol. The minimum Gasteiger partial charge on any atom is -0.463 e. The number of hydrogen-bond donors (Lipinski definition) is 0. The standard InChI is InChI=1S/C29H27ClF2O6S/c1-2-37-27(34)10-3-20-13-16-38-28(20)26(33)17-19-11-14-29(15-12-19,24-18-22(31)6-9-25(24)32)39(35,36)23-7-4-21(30)5-8-23/h3-10,13,16,18-19H,2,11-12,14-15,17H2,1H3. The summed E-state index contributed by atoms with van der Waals surface area (Å²) in [6, 6.07) is 9.96. The average molecular weight is 577 g/mol. The molecule has 39 heavy (non-hydrogen) atoms. The zero-order chi connectivity index (χ0) is 28.2. The summed E-state index contributed by atoms with van der Waals surface area (Å²) in [5.41, 5.74) is 0.199. The second-order valence-electron chi connectivity index (χ2n) is 9.44. The number of benzene rings is 2. The lowest BCUT2D eigenvalue weighted by molar-refractivity contribution is -0.137. The van der Waals surface area contributed by atoms with Crippen molar-refractivity contribution in [3.8, 4) is 0 Å². The fraction of sp³-hybridized carbons (Fsp3) is 0.310. The van der Waals surface area contributed by atoms with Crippen molar-refractivity contribution in [3.63, 3.8) is 0 Å². The van der Waals surface area contributed by atoms with E-state index in [1.54, 1.807) is 13.0 Å². The highest BCUT2D eigenvalue weighted by molar-refractivity contribution is 7.92. The minimum atomic E-state index is -4.18. The van der Waals surface area contributed by atoms with Crippen LogP contribution in [0.25, 0.3) is 6.08 Å². The number of carbonyl (C=O) groups excluding carboxylic acids is 2. The van der Waals surface area contributed by atoms with Gasteiger partial charge in [-0.3, -0.25) is 4.79 Å². The van der Waals surface area contributed by atoms with E-state index in [1.165, 1.54) is 42.7 Å². The maximum Gasteiger partial charge on any atom is 0.330 e. The van der Waals surface area contributed by atoms with Crippen LogP contribution in [0, 0.1) is 17.6 Å². The number of hydrogen-bond acceptors (Lipinski definition) is 6. The van der Waals surface area contributed by atoms with Gasteiger partial charge in [0.15, 0.2) is 21.4 Å². The summed E-state index contributed by atoms with van der Waals surface area (Å²) < 4.78 is 65.7. The van der Waals surface area contributed by atoms with Gasteiger partial charge in [-0.2, -0.15) is 0 Å². The predicted molar refractivity (Wildman–Crippen MR) is 142 cm³/mol. The van der Waals surface area contributed by atoms with Gasteiger partial charge in [0.1, 0.15) is 16.4 Å². The number of halogens is 3. The number of ether oxygens (including phenoxy) is 1. The van der Waals surface area contributed by atoms with Gasteiger partial charge in [0.2, 0.25) is 0 Å². The van der Waals surface area contributed by atoms with E-state index in [4.69, 9.17) is 20.8 Å². The molecule has 1 aromatic heterocycles. The van der Waals surface area contributed by atoms with E-state index in [-0.39, 0.29) is 66.6 Å². The highest BCUT2D eigenvalue weighted by Gasteiger charge is 2.50. The summed E-state index contributed by atoms with van der Waals surface area (Å²) in [5.74, 6) is -2.54. The summed E-state index contributed by atoms with van der Waals surface area (Å²) in [5, 5.41) is 0.344. The third-order valence-electron chi connectivity index (χ3n) is 7.08. The van der Waals surface area contributed by atoms with Crippen molar-refractivity contribution in [2.75, 3.05) is 6.61 Å². The molecule has 0 atom stereocenters. The first-order valence-corrected chi connectivity index (χ1v) is 14.3. The highest BCUT2D eigenvalue weighted by Crippen LogP contribution is 2.50. The molecule has 0 unspecified atom stereocenters. The van der Waals surface area contributed by atoms with Gasteiger partial charge in [-0.15, -0.1) is 0 Å². The molecule has 0 spiro atoms. The molecule has 1 heterocycles. The lowest BCUT2D eigenvalue weighted by Crippen LogP contribution is -2.41. The second kappa shape index (κ2) is 11.8. The van der Waals surface area contributed by atoms with Crippen LogP contribution in [0.5, 0.6) is 0 Å². The van der Waals surface area contributed by atoms with Gasteiger partial charge in [0.25, 0.3) is 0 Å². The molecule has 0 saturated heterocycles. The number of sulfone groups is 1. The first-order chi connectivity index (χ1) is 18.6. The van der Waals surface area contributed by atoms with Gasteiger partial charge in [-0.05, 0) is 93.1 Å². The lowest BCUT2D eigenvalue weighted by Gasteiger charge is -2.40. The summed E-state index contributed by atoms with van der Waals surface area (Å²) >= 11 is 5.94. The van der Waals surface area contributed by atoms with Gasteiger partial charge in [0.05, 0.1) is 17.8 Å². The average Bonchev–Trinajstić information content (AvgIpc) is 3.39. The van der Waals surface area contributed by atoms with Crippen LogP contribution in [0.1, 0.15) is 60.7 Å². The van der Waals surface area contributed by atoms with Crippen molar-refractivity contribution in [2.45, 2.75) is 48.7 Å². The Morgan fingerprint density at radius 1 is 1.10 bits per heavy atom. The van der Waals surface area contributed by atoms with Crippen molar-refractivity contribution >= 4 is 39.3 Å². The zero-order valence-electron chi connectivity index (χ0n) is 21.2. The quantitative estimate of drug-likeness (QED) is 0.156. The first-order valence-electron chi connectivity index (χ1n) is 12.5. The van der Waals surface area contributed by atoms with Crippen LogP contribution in [0.3, 0.4) is 0 Å². The fourth-order valence-corrected chi connectivity index (χ4v) is 7.39. The lowest BCUT2D eigenvalue weighted by atomic mass is 9.76. The van der Waals surface area contributed by atoms with Crippen molar-refractivity contribution in [1.29, 1.82) is 0 Å². The zero-order valence-corrected chi connectivity index (χ0v) is 22.7. The van der Waals surface area contributed by atoms with E-state index in [2.05, 4.69) is 0 Å². The molecule has 0 amide bonds. The molecule has 1 fully saturated rings. The van der Waals surface area contributed by atoms with E-state index in [9.17, 15) is 22.4 Å². The van der Waals surface area contributed by atoms with E-state index >= 15 is 4.39 Å². The van der Waals surface area contributed by atoms with Crippen LogP contribution in [0.4, 0.5) is 8.78 Å². The summed E-state index contributed by atoms with van der Waals surface area (Å²) in [6.07, 6.45) is 4.59. The maximum absolute atomic E-state index is 15.1. The molecule has 0 aliphatic heterocycles. The molecule has 206 valence electrons. The Hall–Kier alpha value is -3.30. The first kappa shape index (κ1) is 28.7. The Balaban J connectivity index is 1.58. The van der Waals surface area contributed by atoms with Crippen molar-refractivity contribution in [2.24, 2.45) is 5.92 Å². The van der Waals surface area contributed by atoms with Crippen LogP contribution in [0.2, 0.25) is 5.02 Å². The van der Waals surface area contributed by atoms with Crippen LogP contribution in [-0.4, -0.2) is 26.8 Å².